The third-order valence-corrected chi connectivity index (χ3v) is 4.35. The maximum Gasteiger partial charge on any atom is 0.248 e. The summed E-state index contributed by atoms with van der Waals surface area (Å²) in [6.45, 7) is 1.96. The van der Waals surface area contributed by atoms with Gasteiger partial charge in [0.15, 0.2) is 0 Å². The van der Waals surface area contributed by atoms with Gasteiger partial charge in [0.25, 0.3) is 0 Å². The van der Waals surface area contributed by atoms with Crippen molar-refractivity contribution in [3.63, 3.8) is 0 Å². The van der Waals surface area contributed by atoms with Gasteiger partial charge >= 0.3 is 0 Å². The molecule has 2 aromatic rings. The van der Waals surface area contributed by atoms with E-state index in [-0.39, 0.29) is 29.7 Å². The summed E-state index contributed by atoms with van der Waals surface area (Å²) in [5, 5.41) is 2.74. The summed E-state index contributed by atoms with van der Waals surface area (Å²) < 4.78 is 12.8. The molecule has 0 saturated carbocycles. The topological polar surface area (TPSA) is 87.3 Å². The molecule has 27 heavy (non-hydrogen) atoms. The maximum atomic E-state index is 12.8. The molecule has 142 valence electrons. The number of nitrogens with one attached hydrogen (secondary N) is 3. The molecule has 8 heteroatoms. The highest BCUT2D eigenvalue weighted by molar-refractivity contribution is 8.00. The zero-order valence-corrected chi connectivity index (χ0v) is 15.6. The fourth-order valence-corrected chi connectivity index (χ4v) is 2.69. The van der Waals surface area contributed by atoms with Gasteiger partial charge < -0.3 is 5.32 Å². The van der Waals surface area contributed by atoms with E-state index in [2.05, 4.69) is 16.2 Å². The molecule has 0 fully saturated rings. The van der Waals surface area contributed by atoms with Crippen LogP contribution in [0.4, 0.5) is 10.1 Å². The molecule has 3 amide bonds. The fraction of sp³-hybridized carbons (Fsp3) is 0.211. The molecule has 0 bridgehead atoms. The molecular weight excluding hydrogens is 369 g/mol. The Bertz CT molecular complexity index is 795. The summed E-state index contributed by atoms with van der Waals surface area (Å²) in [5.74, 6) is -1.29. The predicted octanol–water partition coefficient (Wildman–Crippen LogP) is 2.20. The zero-order valence-electron chi connectivity index (χ0n) is 14.8. The van der Waals surface area contributed by atoms with Crippen LogP contribution in [0.2, 0.25) is 0 Å². The van der Waals surface area contributed by atoms with Gasteiger partial charge in [0.1, 0.15) is 5.82 Å². The maximum absolute atomic E-state index is 12.8. The third-order valence-electron chi connectivity index (χ3n) is 3.42. The van der Waals surface area contributed by atoms with E-state index < -0.39 is 11.8 Å². The van der Waals surface area contributed by atoms with E-state index in [9.17, 15) is 18.8 Å². The molecular formula is C19H20FN3O3S. The smallest absolute Gasteiger partial charge is 0.248 e. The molecule has 0 radical (unpaired) electrons. The number of hydrazine groups is 1. The number of benzene rings is 2. The minimum atomic E-state index is -0.421. The normalized spacial score (nSPS) is 10.1. The lowest BCUT2D eigenvalue weighted by atomic mass is 10.1. The molecule has 2 aromatic carbocycles. The Hall–Kier alpha value is -2.87. The summed E-state index contributed by atoms with van der Waals surface area (Å²) in [7, 11) is 0. The summed E-state index contributed by atoms with van der Waals surface area (Å²) >= 11 is 1.13. The van der Waals surface area contributed by atoms with E-state index in [1.807, 2.05) is 19.1 Å². The Labute approximate surface area is 160 Å². The van der Waals surface area contributed by atoms with E-state index >= 15 is 0 Å². The lowest BCUT2D eigenvalue weighted by Crippen LogP contribution is -2.43. The first-order chi connectivity index (χ1) is 12.9. The number of hydrogen-bond acceptors (Lipinski definition) is 4. The molecule has 0 aliphatic carbocycles. The van der Waals surface area contributed by atoms with Crippen LogP contribution in [0.3, 0.4) is 0 Å². The van der Waals surface area contributed by atoms with Gasteiger partial charge in [0.05, 0.1) is 17.9 Å². The van der Waals surface area contributed by atoms with Crippen molar-refractivity contribution < 1.29 is 18.8 Å². The molecule has 0 atom stereocenters. The Morgan fingerprint density at radius 3 is 2.11 bits per heavy atom. The van der Waals surface area contributed by atoms with Crippen molar-refractivity contribution in [2.45, 2.75) is 13.3 Å². The van der Waals surface area contributed by atoms with Crippen molar-refractivity contribution in [1.82, 2.24) is 10.9 Å². The SMILES string of the molecule is Cc1ccc(NC(=O)CSCC(=O)NNC(=O)Cc2ccc(F)cc2)cc1. The first-order valence-electron chi connectivity index (χ1n) is 8.19. The van der Waals surface area contributed by atoms with E-state index in [0.717, 1.165) is 17.3 Å². The zero-order chi connectivity index (χ0) is 19.6. The highest BCUT2D eigenvalue weighted by Crippen LogP contribution is 2.09. The quantitative estimate of drug-likeness (QED) is 0.634. The number of thioether (sulfide) groups is 1. The summed E-state index contributed by atoms with van der Waals surface area (Å²) in [6.07, 6.45) is 0.0205. The van der Waals surface area contributed by atoms with Crippen molar-refractivity contribution in [2.75, 3.05) is 16.8 Å². The van der Waals surface area contributed by atoms with Crippen molar-refractivity contribution >= 4 is 35.2 Å². The van der Waals surface area contributed by atoms with Crippen molar-refractivity contribution in [3.05, 3.63) is 65.5 Å². The largest absolute Gasteiger partial charge is 0.325 e. The highest BCUT2D eigenvalue weighted by atomic mass is 32.2. The second kappa shape index (κ2) is 10.3. The van der Waals surface area contributed by atoms with Crippen LogP contribution in [0.1, 0.15) is 11.1 Å². The molecule has 0 spiro atoms. The number of halogens is 1. The Balaban J connectivity index is 1.61. The van der Waals surface area contributed by atoms with Crippen LogP contribution in [-0.4, -0.2) is 29.2 Å². The Kier molecular flexibility index (Phi) is 7.81. The first-order valence-corrected chi connectivity index (χ1v) is 9.34. The summed E-state index contributed by atoms with van der Waals surface area (Å²) in [6, 6.07) is 12.9. The molecule has 0 unspecified atom stereocenters. The standard InChI is InChI=1S/C19H20FN3O3S/c1-13-2-8-16(9-3-13)21-18(25)11-27-12-19(26)23-22-17(24)10-14-4-6-15(20)7-5-14/h2-9H,10-12H2,1H3,(H,21,25)(H,22,24)(H,23,26). The van der Waals surface area contributed by atoms with Crippen LogP contribution in [0, 0.1) is 12.7 Å². The number of anilines is 1. The van der Waals surface area contributed by atoms with Gasteiger partial charge in [-0.25, -0.2) is 4.39 Å². The van der Waals surface area contributed by atoms with Crippen molar-refractivity contribution in [1.29, 1.82) is 0 Å². The minimum absolute atomic E-state index is 0.0205. The molecule has 0 heterocycles. The molecule has 2 rings (SSSR count). The van der Waals surface area contributed by atoms with Crippen LogP contribution in [-0.2, 0) is 20.8 Å². The van der Waals surface area contributed by atoms with Gasteiger partial charge in [0, 0.05) is 5.69 Å². The Morgan fingerprint density at radius 2 is 1.44 bits per heavy atom. The Morgan fingerprint density at radius 1 is 0.852 bits per heavy atom. The average molecular weight is 389 g/mol. The van der Waals surface area contributed by atoms with Crippen LogP contribution in [0.25, 0.3) is 0 Å². The number of amides is 3. The molecule has 0 aromatic heterocycles. The van der Waals surface area contributed by atoms with Gasteiger partial charge in [-0.1, -0.05) is 29.8 Å². The fourth-order valence-electron chi connectivity index (χ4n) is 2.08. The second-order valence-corrected chi connectivity index (χ2v) is 6.79. The number of hydrogen-bond donors (Lipinski definition) is 3. The average Bonchev–Trinajstić information content (AvgIpc) is 2.64. The number of carbonyl (C=O) groups excluding carboxylic acids is 3. The van der Waals surface area contributed by atoms with Gasteiger partial charge in [0.2, 0.25) is 17.7 Å². The van der Waals surface area contributed by atoms with Gasteiger partial charge in [-0.2, -0.15) is 0 Å². The monoisotopic (exact) mass is 389 g/mol. The van der Waals surface area contributed by atoms with E-state index in [4.69, 9.17) is 0 Å². The molecule has 0 aliphatic heterocycles. The highest BCUT2D eigenvalue weighted by Gasteiger charge is 2.08. The second-order valence-electron chi connectivity index (χ2n) is 5.81. The number of rotatable bonds is 7. The minimum Gasteiger partial charge on any atom is -0.325 e. The summed E-state index contributed by atoms with van der Waals surface area (Å²) in [4.78, 5) is 35.2. The molecule has 0 saturated heterocycles. The van der Waals surface area contributed by atoms with Crippen molar-refractivity contribution in [2.24, 2.45) is 0 Å². The molecule has 3 N–H and O–H groups in total. The lowest BCUT2D eigenvalue weighted by Gasteiger charge is -2.08. The van der Waals surface area contributed by atoms with Crippen molar-refractivity contribution in [3.8, 4) is 0 Å². The predicted molar refractivity (Wildman–Crippen MR) is 104 cm³/mol. The molecule has 6 nitrogen and oxygen atoms in total. The first kappa shape index (κ1) is 20.4. The van der Waals surface area contributed by atoms with E-state index in [1.165, 1.54) is 24.3 Å². The molecule has 0 aliphatic rings. The van der Waals surface area contributed by atoms with Crippen LogP contribution < -0.4 is 16.2 Å². The van der Waals surface area contributed by atoms with Crippen LogP contribution in [0.15, 0.2) is 48.5 Å². The van der Waals surface area contributed by atoms with Crippen LogP contribution in [0.5, 0.6) is 0 Å². The third kappa shape index (κ3) is 7.91. The number of aryl methyl sites for hydroxylation is 1. The van der Waals surface area contributed by atoms with Crippen LogP contribution >= 0.6 is 11.8 Å². The van der Waals surface area contributed by atoms with Gasteiger partial charge in [-0.05, 0) is 36.8 Å². The lowest BCUT2D eigenvalue weighted by molar-refractivity contribution is -0.127. The van der Waals surface area contributed by atoms with Gasteiger partial charge in [-0.15, -0.1) is 11.8 Å². The summed E-state index contributed by atoms with van der Waals surface area (Å²) in [5.41, 5.74) is 6.99. The number of carbonyl (C=O) groups is 3. The van der Waals surface area contributed by atoms with Gasteiger partial charge in [-0.3, -0.25) is 25.2 Å². The van der Waals surface area contributed by atoms with E-state index in [0.29, 0.717) is 11.3 Å². The van der Waals surface area contributed by atoms with E-state index in [1.54, 1.807) is 12.1 Å².